The quantitative estimate of drug-likeness (QED) is 0.432. The predicted octanol–water partition coefficient (Wildman–Crippen LogP) is -2.29. The van der Waals surface area contributed by atoms with Gasteiger partial charge in [0, 0.05) is 0 Å². The first-order chi connectivity index (χ1) is 2.89. The molecule has 1 saturated heterocycles. The molecule has 0 saturated carbocycles. The Morgan fingerprint density at radius 3 is 2.83 bits per heavy atom. The van der Waals surface area contributed by atoms with Crippen molar-refractivity contribution in [3.8, 4) is 0 Å². The second kappa shape index (κ2) is 2.18. The van der Waals surface area contributed by atoms with Crippen molar-refractivity contribution in [2.75, 3.05) is 13.1 Å². The summed E-state index contributed by atoms with van der Waals surface area (Å²) in [5.74, 6) is 0. The van der Waals surface area contributed by atoms with Crippen LogP contribution in [0.2, 0.25) is 0 Å². The molecule has 0 amide bonds. The van der Waals surface area contributed by atoms with Gasteiger partial charge in [0.25, 0.3) is 0 Å². The van der Waals surface area contributed by atoms with Gasteiger partial charge in [0.15, 0.2) is 0 Å². The van der Waals surface area contributed by atoms with E-state index in [1.54, 1.807) is 0 Å². The van der Waals surface area contributed by atoms with Crippen LogP contribution in [0.15, 0.2) is 0 Å². The van der Waals surface area contributed by atoms with E-state index in [0.29, 0.717) is 22.8 Å². The van der Waals surface area contributed by atoms with Crippen molar-refractivity contribution in [3.05, 3.63) is 0 Å². The van der Waals surface area contributed by atoms with E-state index in [-0.39, 0.29) is 0 Å². The van der Waals surface area contributed by atoms with Crippen LogP contribution in [0, 0.1) is 0 Å². The SMILES string of the molecule is [SnH3][N]1[B]NCC1. The molecule has 0 aliphatic carbocycles. The molecule has 6 heavy (non-hydrogen) atoms. The van der Waals surface area contributed by atoms with Gasteiger partial charge in [-0.1, -0.05) is 0 Å². The summed E-state index contributed by atoms with van der Waals surface area (Å²) in [6.45, 7) is 2.41. The molecule has 4 heteroatoms. The van der Waals surface area contributed by atoms with Gasteiger partial charge in [-0.2, -0.15) is 0 Å². The molecule has 2 nitrogen and oxygen atoms in total. The Bertz CT molecular complexity index is 44.8. The molecule has 1 aliphatic heterocycles. The van der Waals surface area contributed by atoms with Gasteiger partial charge in [-0.25, -0.2) is 0 Å². The summed E-state index contributed by atoms with van der Waals surface area (Å²) in [4.78, 5) is 0. The van der Waals surface area contributed by atoms with Gasteiger partial charge >= 0.3 is 51.7 Å². The summed E-state index contributed by atoms with van der Waals surface area (Å²) in [6.07, 6.45) is 0. The van der Waals surface area contributed by atoms with Gasteiger partial charge in [-0.05, 0) is 0 Å². The molecular formula is C2H8BN2Sn. The van der Waals surface area contributed by atoms with E-state index < -0.39 is 0 Å². The monoisotopic (exact) mass is 191 g/mol. The second-order valence-corrected chi connectivity index (χ2v) is 4.84. The van der Waals surface area contributed by atoms with Crippen molar-refractivity contribution < 1.29 is 0 Å². The number of hydrogen-bond acceptors (Lipinski definition) is 2. The Balaban J connectivity index is 2.18. The molecule has 1 fully saturated rings. The molecule has 1 aliphatic rings. The summed E-state index contributed by atoms with van der Waals surface area (Å²) >= 11 is 0.714. The van der Waals surface area contributed by atoms with Crippen LogP contribution in [0.5, 0.6) is 0 Å². The fourth-order valence-electron chi connectivity index (χ4n) is 0.526. The zero-order valence-electron chi connectivity index (χ0n) is 3.94. The van der Waals surface area contributed by atoms with Crippen molar-refractivity contribution in [1.29, 1.82) is 0 Å². The van der Waals surface area contributed by atoms with Crippen molar-refractivity contribution in [1.82, 2.24) is 8.26 Å². The number of nitrogens with zero attached hydrogens (tertiary/aromatic N) is 1. The van der Waals surface area contributed by atoms with E-state index >= 15 is 0 Å². The normalized spacial score (nSPS) is 24.7. The molecule has 0 unspecified atom stereocenters. The molecule has 0 spiro atoms. The third-order valence-corrected chi connectivity index (χ3v) is 2.93. The van der Waals surface area contributed by atoms with E-state index in [0.717, 1.165) is 6.54 Å². The molecule has 0 aromatic rings. The molecular weight excluding hydrogens is 182 g/mol. The maximum atomic E-state index is 3.13. The van der Waals surface area contributed by atoms with Crippen LogP contribution >= 0.6 is 0 Å². The minimum absolute atomic E-state index is 0.714. The molecule has 0 atom stereocenters. The molecule has 0 aromatic carbocycles. The first kappa shape index (κ1) is 4.93. The first-order valence-corrected chi connectivity index (χ1v) is 4.72. The molecule has 0 aromatic heterocycles. The zero-order valence-corrected chi connectivity index (χ0v) is 9.65. The fourth-order valence-corrected chi connectivity index (χ4v) is 1.69. The van der Waals surface area contributed by atoms with E-state index in [1.807, 2.05) is 0 Å². The van der Waals surface area contributed by atoms with Crippen LogP contribution in [-0.4, -0.2) is 46.5 Å². The summed E-state index contributed by atoms with van der Waals surface area (Å²) in [7, 11) is 2.08. The van der Waals surface area contributed by atoms with Gasteiger partial charge in [0.05, 0.1) is 0 Å². The van der Waals surface area contributed by atoms with Gasteiger partial charge in [-0.15, -0.1) is 0 Å². The Labute approximate surface area is 52.0 Å². The Kier molecular flexibility index (Phi) is 1.80. The van der Waals surface area contributed by atoms with Crippen molar-refractivity contribution in [2.45, 2.75) is 0 Å². The van der Waals surface area contributed by atoms with Crippen LogP contribution < -0.4 is 5.23 Å². The van der Waals surface area contributed by atoms with Crippen LogP contribution in [0.25, 0.3) is 0 Å². The van der Waals surface area contributed by atoms with Gasteiger partial charge in [-0.3, -0.25) is 0 Å². The number of rotatable bonds is 0. The van der Waals surface area contributed by atoms with E-state index in [1.165, 1.54) is 6.54 Å². The van der Waals surface area contributed by atoms with Crippen LogP contribution in [0.4, 0.5) is 0 Å². The predicted molar refractivity (Wildman–Crippen MR) is 30.4 cm³/mol. The van der Waals surface area contributed by atoms with E-state index in [4.69, 9.17) is 0 Å². The average Bonchev–Trinajstić information content (AvgIpc) is 1.86. The van der Waals surface area contributed by atoms with E-state index in [2.05, 4.69) is 15.8 Å². The summed E-state index contributed by atoms with van der Waals surface area (Å²) in [6, 6.07) is 0. The maximum absolute atomic E-state index is 3.13. The van der Waals surface area contributed by atoms with Gasteiger partial charge < -0.3 is 0 Å². The summed E-state index contributed by atoms with van der Waals surface area (Å²) < 4.78 is 2.34. The Morgan fingerprint density at radius 1 is 1.83 bits per heavy atom. The zero-order chi connectivity index (χ0) is 4.41. The fraction of sp³-hybridized carbons (Fsp3) is 1.00. The van der Waals surface area contributed by atoms with Crippen molar-refractivity contribution in [3.63, 3.8) is 0 Å². The Hall–Kier alpha value is 0.784. The molecule has 1 radical (unpaired) electrons. The third kappa shape index (κ3) is 1.13. The number of nitrogens with one attached hydrogen (secondary N) is 1. The topological polar surface area (TPSA) is 15.3 Å². The van der Waals surface area contributed by atoms with Crippen LogP contribution in [0.3, 0.4) is 0 Å². The Morgan fingerprint density at radius 2 is 2.67 bits per heavy atom. The molecule has 1 heterocycles. The van der Waals surface area contributed by atoms with Crippen molar-refractivity contribution >= 4 is 30.3 Å². The summed E-state index contributed by atoms with van der Waals surface area (Å²) in [5, 5.41) is 3.13. The second-order valence-electron chi connectivity index (χ2n) is 1.56. The molecule has 1 rings (SSSR count). The molecule has 1 N–H and O–H groups in total. The molecule has 33 valence electrons. The minimum atomic E-state index is 0.714. The molecule has 0 bridgehead atoms. The average molecular weight is 190 g/mol. The van der Waals surface area contributed by atoms with Gasteiger partial charge in [0.1, 0.15) is 0 Å². The van der Waals surface area contributed by atoms with Crippen LogP contribution in [-0.2, 0) is 0 Å². The summed E-state index contributed by atoms with van der Waals surface area (Å²) in [5.41, 5.74) is 0. The van der Waals surface area contributed by atoms with E-state index in [9.17, 15) is 0 Å². The van der Waals surface area contributed by atoms with Crippen molar-refractivity contribution in [2.24, 2.45) is 0 Å². The number of hydrogen-bond donors (Lipinski definition) is 1. The standard InChI is InChI=1S/C2H5BN2.Sn.3H/c1-2-5-3-4-1;;;;/h4H,1-2H2;;;;/q-1;+1;;;. The third-order valence-electron chi connectivity index (χ3n) is 0.921. The van der Waals surface area contributed by atoms with Gasteiger partial charge in [0.2, 0.25) is 0 Å². The first-order valence-electron chi connectivity index (χ1n) is 2.16. The van der Waals surface area contributed by atoms with Crippen LogP contribution in [0.1, 0.15) is 0 Å².